The van der Waals surface area contributed by atoms with Crippen LogP contribution in [0.4, 0.5) is 5.82 Å². The second-order valence-electron chi connectivity index (χ2n) is 4.36. The maximum absolute atomic E-state index is 11.8. The zero-order valence-corrected chi connectivity index (χ0v) is 13.8. The molecular formula is C14H16N4O4S. The van der Waals surface area contributed by atoms with Crippen molar-refractivity contribution in [3.63, 3.8) is 0 Å². The summed E-state index contributed by atoms with van der Waals surface area (Å²) < 4.78 is 9.63. The molecule has 2 rings (SSSR count). The number of hydrogen-bond acceptors (Lipinski definition) is 9. The third-order valence-corrected chi connectivity index (χ3v) is 3.81. The van der Waals surface area contributed by atoms with Gasteiger partial charge in [0.1, 0.15) is 22.7 Å². The summed E-state index contributed by atoms with van der Waals surface area (Å²) in [6, 6.07) is 0. The van der Waals surface area contributed by atoms with Gasteiger partial charge in [-0.1, -0.05) is 0 Å². The molecular weight excluding hydrogens is 320 g/mol. The molecule has 0 atom stereocenters. The van der Waals surface area contributed by atoms with Gasteiger partial charge in [0.05, 0.1) is 20.3 Å². The molecule has 0 saturated carbocycles. The van der Waals surface area contributed by atoms with Crippen LogP contribution in [0.15, 0.2) is 12.5 Å². The van der Waals surface area contributed by atoms with E-state index >= 15 is 0 Å². The quantitative estimate of drug-likeness (QED) is 0.797. The third kappa shape index (κ3) is 4.01. The van der Waals surface area contributed by atoms with Crippen molar-refractivity contribution < 1.29 is 19.1 Å². The van der Waals surface area contributed by atoms with Gasteiger partial charge >= 0.3 is 11.9 Å². The number of nitrogens with zero attached hydrogens (tertiary/aromatic N) is 3. The molecule has 0 radical (unpaired) electrons. The molecule has 0 fully saturated rings. The zero-order chi connectivity index (χ0) is 16.8. The van der Waals surface area contributed by atoms with Crippen molar-refractivity contribution in [2.45, 2.75) is 20.4 Å². The first-order chi connectivity index (χ1) is 11.1. The highest BCUT2D eigenvalue weighted by Gasteiger charge is 2.17. The molecule has 0 aromatic carbocycles. The normalized spacial score (nSPS) is 10.2. The first-order valence-corrected chi connectivity index (χ1v) is 7.64. The number of esters is 2. The van der Waals surface area contributed by atoms with Crippen LogP contribution < -0.4 is 5.32 Å². The summed E-state index contributed by atoms with van der Waals surface area (Å²) in [4.78, 5) is 36.3. The van der Waals surface area contributed by atoms with E-state index in [0.29, 0.717) is 29.7 Å². The molecule has 0 bridgehead atoms. The molecule has 1 N–H and O–H groups in total. The van der Waals surface area contributed by atoms with Crippen molar-refractivity contribution in [2.75, 3.05) is 19.0 Å². The van der Waals surface area contributed by atoms with E-state index in [9.17, 15) is 9.59 Å². The Morgan fingerprint density at radius 3 is 2.83 bits per heavy atom. The summed E-state index contributed by atoms with van der Waals surface area (Å²) in [6.07, 6.45) is 2.70. The number of carbonyl (C=O) groups excluding carboxylic acids is 2. The number of methoxy groups -OCH3 is 1. The summed E-state index contributed by atoms with van der Waals surface area (Å²) in [6.45, 7) is 4.15. The Morgan fingerprint density at radius 2 is 2.13 bits per heavy atom. The van der Waals surface area contributed by atoms with E-state index in [1.807, 2.05) is 0 Å². The smallest absolute Gasteiger partial charge is 0.358 e. The molecule has 0 aliphatic rings. The minimum Gasteiger partial charge on any atom is -0.465 e. The number of anilines is 1. The van der Waals surface area contributed by atoms with Crippen LogP contribution in [-0.2, 0) is 16.0 Å². The van der Waals surface area contributed by atoms with Crippen molar-refractivity contribution in [2.24, 2.45) is 0 Å². The molecule has 0 aliphatic heterocycles. The molecule has 122 valence electrons. The van der Waals surface area contributed by atoms with Gasteiger partial charge in [-0.15, -0.1) is 11.3 Å². The molecule has 23 heavy (non-hydrogen) atoms. The van der Waals surface area contributed by atoms with Crippen molar-refractivity contribution in [3.05, 3.63) is 33.7 Å². The lowest BCUT2D eigenvalue weighted by Gasteiger charge is -2.07. The van der Waals surface area contributed by atoms with Crippen LogP contribution in [-0.4, -0.2) is 40.6 Å². The van der Waals surface area contributed by atoms with E-state index in [1.54, 1.807) is 13.8 Å². The number of ether oxygens (including phenoxy) is 2. The number of thiazole rings is 1. The average Bonchev–Trinajstić information content (AvgIpc) is 2.93. The Labute approximate surface area is 136 Å². The number of carbonyl (C=O) groups is 2. The summed E-state index contributed by atoms with van der Waals surface area (Å²) in [5.41, 5.74) is 0.540. The topological polar surface area (TPSA) is 103 Å². The summed E-state index contributed by atoms with van der Waals surface area (Å²) in [5.74, 6) is -0.627. The van der Waals surface area contributed by atoms with Crippen LogP contribution in [0, 0.1) is 6.92 Å². The van der Waals surface area contributed by atoms with Crippen molar-refractivity contribution >= 4 is 29.1 Å². The first-order valence-electron chi connectivity index (χ1n) is 6.82. The molecule has 0 amide bonds. The lowest BCUT2D eigenvalue weighted by molar-refractivity contribution is 0.0518. The van der Waals surface area contributed by atoms with Gasteiger partial charge in [-0.2, -0.15) is 0 Å². The number of aromatic nitrogens is 3. The SMILES string of the molecule is CCOC(=O)c1nc(CNc2ncncc2C(=O)OC)sc1C. The molecule has 0 spiro atoms. The van der Waals surface area contributed by atoms with Crippen LogP contribution in [0.5, 0.6) is 0 Å². The minimum atomic E-state index is -0.532. The van der Waals surface area contributed by atoms with Crippen molar-refractivity contribution in [1.29, 1.82) is 0 Å². The van der Waals surface area contributed by atoms with Crippen LogP contribution in [0.3, 0.4) is 0 Å². The number of hydrogen-bond donors (Lipinski definition) is 1. The average molecular weight is 336 g/mol. The molecule has 2 aromatic heterocycles. The lowest BCUT2D eigenvalue weighted by atomic mass is 10.3. The van der Waals surface area contributed by atoms with Crippen LogP contribution in [0.1, 0.15) is 37.7 Å². The van der Waals surface area contributed by atoms with Gasteiger partial charge in [-0.05, 0) is 13.8 Å². The fourth-order valence-corrected chi connectivity index (χ4v) is 2.67. The van der Waals surface area contributed by atoms with Crippen LogP contribution >= 0.6 is 11.3 Å². The molecule has 8 nitrogen and oxygen atoms in total. The van der Waals surface area contributed by atoms with Gasteiger partial charge in [0.25, 0.3) is 0 Å². The molecule has 2 aromatic rings. The standard InChI is InChI=1S/C14H16N4O4S/c1-4-22-14(20)11-8(2)23-10(18-11)6-16-12-9(13(19)21-3)5-15-7-17-12/h5,7H,4,6H2,1-3H3,(H,15,16,17). The molecule has 0 aliphatic carbocycles. The number of nitrogens with one attached hydrogen (secondary N) is 1. The molecule has 0 unspecified atom stereocenters. The van der Waals surface area contributed by atoms with Gasteiger partial charge in [0, 0.05) is 11.1 Å². The second-order valence-corrected chi connectivity index (χ2v) is 5.65. The zero-order valence-electron chi connectivity index (χ0n) is 13.0. The predicted octanol–water partition coefficient (Wildman–Crippen LogP) is 1.82. The Hall–Kier alpha value is -2.55. The van der Waals surface area contributed by atoms with Gasteiger partial charge in [-0.25, -0.2) is 24.5 Å². The monoisotopic (exact) mass is 336 g/mol. The van der Waals surface area contributed by atoms with E-state index in [2.05, 4.69) is 25.0 Å². The summed E-state index contributed by atoms with van der Waals surface area (Å²) in [7, 11) is 1.29. The summed E-state index contributed by atoms with van der Waals surface area (Å²) >= 11 is 1.37. The fourth-order valence-electron chi connectivity index (χ4n) is 1.80. The van der Waals surface area contributed by atoms with Gasteiger partial charge in [0.15, 0.2) is 5.69 Å². The largest absolute Gasteiger partial charge is 0.465 e. The number of aryl methyl sites for hydroxylation is 1. The van der Waals surface area contributed by atoms with Gasteiger partial charge in [0.2, 0.25) is 0 Å². The van der Waals surface area contributed by atoms with E-state index in [4.69, 9.17) is 4.74 Å². The van der Waals surface area contributed by atoms with E-state index in [0.717, 1.165) is 4.88 Å². The van der Waals surface area contributed by atoms with Crippen LogP contribution in [0.25, 0.3) is 0 Å². The molecule has 0 saturated heterocycles. The van der Waals surface area contributed by atoms with Crippen molar-refractivity contribution in [1.82, 2.24) is 15.0 Å². The Kier molecular flexibility index (Phi) is 5.58. The number of rotatable bonds is 6. The lowest BCUT2D eigenvalue weighted by Crippen LogP contribution is -2.11. The van der Waals surface area contributed by atoms with Crippen LogP contribution in [0.2, 0.25) is 0 Å². The van der Waals surface area contributed by atoms with Crippen molar-refractivity contribution in [3.8, 4) is 0 Å². The predicted molar refractivity (Wildman–Crippen MR) is 83.5 cm³/mol. The van der Waals surface area contributed by atoms with Gasteiger partial charge in [-0.3, -0.25) is 0 Å². The maximum Gasteiger partial charge on any atom is 0.358 e. The Balaban J connectivity index is 2.12. The minimum absolute atomic E-state index is 0.230. The first kappa shape index (κ1) is 16.8. The third-order valence-electron chi connectivity index (χ3n) is 2.83. The molecule has 2 heterocycles. The maximum atomic E-state index is 11.8. The Morgan fingerprint density at radius 1 is 1.35 bits per heavy atom. The van der Waals surface area contributed by atoms with E-state index < -0.39 is 11.9 Å². The Bertz CT molecular complexity index is 717. The highest BCUT2D eigenvalue weighted by atomic mass is 32.1. The second kappa shape index (κ2) is 7.63. The van der Waals surface area contributed by atoms with Gasteiger partial charge < -0.3 is 14.8 Å². The fraction of sp³-hybridized carbons (Fsp3) is 0.357. The highest BCUT2D eigenvalue weighted by Crippen LogP contribution is 2.20. The highest BCUT2D eigenvalue weighted by molar-refractivity contribution is 7.11. The van der Waals surface area contributed by atoms with E-state index in [1.165, 1.54) is 31.0 Å². The van der Waals surface area contributed by atoms with E-state index in [-0.39, 0.29) is 5.56 Å². The molecule has 9 heteroatoms. The summed E-state index contributed by atoms with van der Waals surface area (Å²) in [5, 5.41) is 3.68.